The molecule has 2 heterocycles. The minimum atomic E-state index is -0.201. The Labute approximate surface area is 119 Å². The summed E-state index contributed by atoms with van der Waals surface area (Å²) in [7, 11) is 0. The summed E-state index contributed by atoms with van der Waals surface area (Å²) in [5.41, 5.74) is 2.27. The predicted molar refractivity (Wildman–Crippen MR) is 78.6 cm³/mol. The molecule has 2 aromatic rings. The third-order valence-corrected chi connectivity index (χ3v) is 4.07. The minimum absolute atomic E-state index is 0.201. The molecule has 1 aliphatic rings. The van der Waals surface area contributed by atoms with Gasteiger partial charge in [-0.25, -0.2) is 4.68 Å². The number of aliphatic hydroxyl groups excluding tert-OH is 1. The second-order valence-electron chi connectivity index (χ2n) is 5.70. The fourth-order valence-electron chi connectivity index (χ4n) is 2.68. The van der Waals surface area contributed by atoms with Gasteiger partial charge in [0.05, 0.1) is 18.0 Å². The Morgan fingerprint density at radius 2 is 2.10 bits per heavy atom. The van der Waals surface area contributed by atoms with E-state index in [2.05, 4.69) is 23.1 Å². The second kappa shape index (κ2) is 5.77. The molecule has 0 radical (unpaired) electrons. The summed E-state index contributed by atoms with van der Waals surface area (Å²) in [5.74, 6) is 0.415. The second-order valence-corrected chi connectivity index (χ2v) is 5.70. The topological polar surface area (TPSA) is 41.3 Å². The number of aromatic nitrogens is 2. The Morgan fingerprint density at radius 3 is 2.85 bits per heavy atom. The van der Waals surface area contributed by atoms with Gasteiger partial charge in [-0.05, 0) is 31.0 Å². The highest BCUT2D eigenvalue weighted by Crippen LogP contribution is 2.19. The molecule has 1 saturated heterocycles. The van der Waals surface area contributed by atoms with Crippen molar-refractivity contribution in [2.75, 3.05) is 13.1 Å². The summed E-state index contributed by atoms with van der Waals surface area (Å²) < 4.78 is 1.90. The lowest BCUT2D eigenvalue weighted by molar-refractivity contribution is 0.0259. The van der Waals surface area contributed by atoms with Crippen LogP contribution in [0.15, 0.2) is 42.7 Å². The Kier molecular flexibility index (Phi) is 3.85. The van der Waals surface area contributed by atoms with Crippen molar-refractivity contribution in [1.29, 1.82) is 0 Å². The average Bonchev–Trinajstić information content (AvgIpc) is 2.92. The van der Waals surface area contributed by atoms with Crippen LogP contribution in [0.3, 0.4) is 0 Å². The number of aliphatic hydroxyl groups is 1. The summed E-state index contributed by atoms with van der Waals surface area (Å²) in [6.07, 6.45) is 4.85. The highest BCUT2D eigenvalue weighted by Gasteiger charge is 2.24. The molecule has 0 spiro atoms. The number of benzene rings is 1. The van der Waals surface area contributed by atoms with Gasteiger partial charge in [-0.3, -0.25) is 4.90 Å². The van der Waals surface area contributed by atoms with Gasteiger partial charge in [0.15, 0.2) is 0 Å². The van der Waals surface area contributed by atoms with E-state index >= 15 is 0 Å². The van der Waals surface area contributed by atoms with E-state index in [1.165, 1.54) is 5.56 Å². The van der Waals surface area contributed by atoms with E-state index in [0.717, 1.165) is 31.7 Å². The maximum absolute atomic E-state index is 9.95. The van der Waals surface area contributed by atoms with E-state index in [0.29, 0.717) is 5.92 Å². The molecule has 0 bridgehead atoms. The van der Waals surface area contributed by atoms with E-state index in [1.807, 2.05) is 41.2 Å². The SMILES string of the molecule is CC1CCN(Cc2cnn(-c3ccccc3)c2)CC1O. The van der Waals surface area contributed by atoms with Gasteiger partial charge in [0.1, 0.15) is 0 Å². The molecule has 1 N–H and O–H groups in total. The average molecular weight is 271 g/mol. The maximum Gasteiger partial charge on any atom is 0.0693 e. The molecule has 1 aliphatic heterocycles. The summed E-state index contributed by atoms with van der Waals surface area (Å²) in [6.45, 7) is 4.79. The van der Waals surface area contributed by atoms with Gasteiger partial charge in [0.2, 0.25) is 0 Å². The molecular weight excluding hydrogens is 250 g/mol. The van der Waals surface area contributed by atoms with Crippen LogP contribution in [0.2, 0.25) is 0 Å². The zero-order chi connectivity index (χ0) is 13.9. The molecule has 1 aromatic carbocycles. The number of piperidine rings is 1. The Balaban J connectivity index is 1.66. The molecule has 106 valence electrons. The molecule has 1 aromatic heterocycles. The number of β-amino-alcohol motifs (C(OH)–C–C–N with tert-alkyl or cyclic N) is 1. The molecule has 4 heteroatoms. The molecule has 0 aliphatic carbocycles. The quantitative estimate of drug-likeness (QED) is 0.929. The Morgan fingerprint density at radius 1 is 1.30 bits per heavy atom. The first-order chi connectivity index (χ1) is 9.72. The normalized spacial score (nSPS) is 23.9. The van der Waals surface area contributed by atoms with Gasteiger partial charge < -0.3 is 5.11 Å². The van der Waals surface area contributed by atoms with E-state index in [9.17, 15) is 5.11 Å². The fraction of sp³-hybridized carbons (Fsp3) is 0.438. The highest BCUT2D eigenvalue weighted by atomic mass is 16.3. The van der Waals surface area contributed by atoms with Crippen molar-refractivity contribution in [3.63, 3.8) is 0 Å². The van der Waals surface area contributed by atoms with Crippen LogP contribution < -0.4 is 0 Å². The lowest BCUT2D eigenvalue weighted by Gasteiger charge is -2.33. The number of hydrogen-bond acceptors (Lipinski definition) is 3. The zero-order valence-electron chi connectivity index (χ0n) is 11.8. The monoisotopic (exact) mass is 271 g/mol. The van der Waals surface area contributed by atoms with Gasteiger partial charge in [0.25, 0.3) is 0 Å². The molecule has 2 atom stereocenters. The standard InChI is InChI=1S/C16H21N3O/c1-13-7-8-18(12-16(13)20)10-14-9-17-19(11-14)15-5-3-2-4-6-15/h2-6,9,11,13,16,20H,7-8,10,12H2,1H3. The minimum Gasteiger partial charge on any atom is -0.392 e. The molecule has 2 unspecified atom stereocenters. The number of rotatable bonds is 3. The largest absolute Gasteiger partial charge is 0.392 e. The molecule has 0 amide bonds. The van der Waals surface area contributed by atoms with E-state index < -0.39 is 0 Å². The van der Waals surface area contributed by atoms with Gasteiger partial charge in [-0.2, -0.15) is 5.10 Å². The Hall–Kier alpha value is -1.65. The van der Waals surface area contributed by atoms with E-state index in [-0.39, 0.29) is 6.10 Å². The van der Waals surface area contributed by atoms with Crippen LogP contribution in [0.4, 0.5) is 0 Å². The van der Waals surface area contributed by atoms with E-state index in [4.69, 9.17) is 0 Å². The smallest absolute Gasteiger partial charge is 0.0693 e. The zero-order valence-corrected chi connectivity index (χ0v) is 11.8. The van der Waals surface area contributed by atoms with Crippen LogP contribution in [-0.2, 0) is 6.54 Å². The van der Waals surface area contributed by atoms with Crippen molar-refractivity contribution in [1.82, 2.24) is 14.7 Å². The van der Waals surface area contributed by atoms with Crippen molar-refractivity contribution in [3.8, 4) is 5.69 Å². The summed E-state index contributed by atoms with van der Waals surface area (Å²) in [5, 5.41) is 14.4. The Bertz CT molecular complexity index is 552. The van der Waals surface area contributed by atoms with Crippen molar-refractivity contribution >= 4 is 0 Å². The first-order valence-electron chi connectivity index (χ1n) is 7.22. The van der Waals surface area contributed by atoms with Gasteiger partial charge in [0, 0.05) is 24.8 Å². The number of likely N-dealkylation sites (tertiary alicyclic amines) is 1. The molecule has 20 heavy (non-hydrogen) atoms. The van der Waals surface area contributed by atoms with Crippen LogP contribution in [-0.4, -0.2) is 39.0 Å². The van der Waals surface area contributed by atoms with Gasteiger partial charge in [-0.1, -0.05) is 25.1 Å². The van der Waals surface area contributed by atoms with Gasteiger partial charge in [-0.15, -0.1) is 0 Å². The van der Waals surface area contributed by atoms with Crippen molar-refractivity contribution in [2.45, 2.75) is 26.0 Å². The third kappa shape index (κ3) is 2.92. The number of para-hydroxylation sites is 1. The molecule has 3 rings (SSSR count). The predicted octanol–water partition coefficient (Wildman–Crippen LogP) is 2.08. The van der Waals surface area contributed by atoms with Crippen LogP contribution in [0, 0.1) is 5.92 Å². The summed E-state index contributed by atoms with van der Waals surface area (Å²) in [6, 6.07) is 10.1. The van der Waals surface area contributed by atoms with E-state index in [1.54, 1.807) is 0 Å². The van der Waals surface area contributed by atoms with Gasteiger partial charge >= 0.3 is 0 Å². The third-order valence-electron chi connectivity index (χ3n) is 4.07. The first-order valence-corrected chi connectivity index (χ1v) is 7.22. The first kappa shape index (κ1) is 13.3. The molecule has 1 fully saturated rings. The summed E-state index contributed by atoms with van der Waals surface area (Å²) >= 11 is 0. The maximum atomic E-state index is 9.95. The lowest BCUT2D eigenvalue weighted by atomic mass is 9.96. The van der Waals surface area contributed by atoms with Crippen LogP contribution in [0.25, 0.3) is 5.69 Å². The molecule has 4 nitrogen and oxygen atoms in total. The summed E-state index contributed by atoms with van der Waals surface area (Å²) in [4.78, 5) is 2.30. The van der Waals surface area contributed by atoms with Crippen LogP contribution in [0.1, 0.15) is 18.9 Å². The fourth-order valence-corrected chi connectivity index (χ4v) is 2.68. The highest BCUT2D eigenvalue weighted by molar-refractivity contribution is 5.30. The van der Waals surface area contributed by atoms with Crippen LogP contribution in [0.5, 0.6) is 0 Å². The molecule has 0 saturated carbocycles. The molecular formula is C16H21N3O. The van der Waals surface area contributed by atoms with Crippen LogP contribution >= 0.6 is 0 Å². The number of hydrogen-bond donors (Lipinski definition) is 1. The van der Waals surface area contributed by atoms with Crippen molar-refractivity contribution < 1.29 is 5.11 Å². The van der Waals surface area contributed by atoms with Crippen molar-refractivity contribution in [3.05, 3.63) is 48.3 Å². The lowest BCUT2D eigenvalue weighted by Crippen LogP contribution is -2.42. The number of nitrogens with zero attached hydrogens (tertiary/aromatic N) is 3. The van der Waals surface area contributed by atoms with Crippen molar-refractivity contribution in [2.24, 2.45) is 5.92 Å².